The van der Waals surface area contributed by atoms with Crippen LogP contribution in [0.25, 0.3) is 0 Å². The van der Waals surface area contributed by atoms with E-state index in [0.717, 1.165) is 22.8 Å². The third-order valence-electron chi connectivity index (χ3n) is 6.71. The number of rotatable bonds is 9. The minimum absolute atomic E-state index is 0.0391. The monoisotopic (exact) mass is 522 g/mol. The molecule has 1 aliphatic carbocycles. The van der Waals surface area contributed by atoms with Crippen LogP contribution in [0.3, 0.4) is 0 Å². The summed E-state index contributed by atoms with van der Waals surface area (Å²) >= 11 is 1.66. The normalized spacial score (nSPS) is 19.3. The van der Waals surface area contributed by atoms with Crippen LogP contribution in [-0.4, -0.2) is 41.9 Å². The molecule has 2 atom stereocenters. The highest BCUT2D eigenvalue weighted by atomic mass is 32.2. The molecule has 194 valence electrons. The second-order valence-electron chi connectivity index (χ2n) is 8.98. The van der Waals surface area contributed by atoms with E-state index in [1.165, 1.54) is 12.1 Å². The molecule has 0 amide bonds. The molecule has 4 rings (SSSR count). The summed E-state index contributed by atoms with van der Waals surface area (Å²) in [6.07, 6.45) is 0.846. The van der Waals surface area contributed by atoms with Crippen molar-refractivity contribution in [1.29, 1.82) is 0 Å². The number of esters is 1. The maximum atomic E-state index is 13.7. The molecule has 0 bridgehead atoms. The number of thioether (sulfide) groups is 1. The highest BCUT2D eigenvalue weighted by molar-refractivity contribution is 7.99. The molecule has 8 nitrogen and oxygen atoms in total. The highest BCUT2D eigenvalue weighted by Gasteiger charge is 2.41. The summed E-state index contributed by atoms with van der Waals surface area (Å²) in [4.78, 5) is 38.0. The van der Waals surface area contributed by atoms with Gasteiger partial charge in [0.1, 0.15) is 12.4 Å². The Balaban J connectivity index is 1.73. The van der Waals surface area contributed by atoms with Crippen LogP contribution in [0, 0.1) is 10.1 Å². The van der Waals surface area contributed by atoms with Gasteiger partial charge >= 0.3 is 5.97 Å². The molecule has 1 N–H and O–H groups in total. The average Bonchev–Trinajstić information content (AvgIpc) is 2.90. The lowest BCUT2D eigenvalue weighted by Gasteiger charge is -2.36. The molecular weight excluding hydrogens is 492 g/mol. The van der Waals surface area contributed by atoms with Crippen LogP contribution in [0.2, 0.25) is 0 Å². The van der Waals surface area contributed by atoms with Crippen molar-refractivity contribution in [2.45, 2.75) is 38.5 Å². The van der Waals surface area contributed by atoms with E-state index < -0.39 is 16.8 Å². The lowest BCUT2D eigenvalue weighted by atomic mass is 9.71. The van der Waals surface area contributed by atoms with Crippen molar-refractivity contribution in [3.8, 4) is 5.75 Å². The van der Waals surface area contributed by atoms with Gasteiger partial charge in [0.25, 0.3) is 5.69 Å². The summed E-state index contributed by atoms with van der Waals surface area (Å²) in [5, 5.41) is 14.8. The molecule has 0 radical (unpaired) electrons. The molecule has 0 unspecified atom stereocenters. The summed E-state index contributed by atoms with van der Waals surface area (Å²) in [6.45, 7) is 4.06. The fourth-order valence-electron chi connectivity index (χ4n) is 4.99. The standard InChI is InChI=1S/C28H30N2O6S/c1-4-37-13-12-36-28(32)25-17(2)29-23-15-20(18-8-10-22(35-3)11-9-18)16-24(31)27(23)26(25)19-6-5-7-21(14-19)30(33)34/h5-11,14,20,26,29H,4,12-13,15-16H2,1-3H3/t20-,26-/m1/s1. The van der Waals surface area contributed by atoms with Crippen molar-refractivity contribution < 1.29 is 24.0 Å². The predicted octanol–water partition coefficient (Wildman–Crippen LogP) is 5.26. The van der Waals surface area contributed by atoms with Gasteiger partial charge in [0.2, 0.25) is 0 Å². The van der Waals surface area contributed by atoms with Crippen LogP contribution in [-0.2, 0) is 14.3 Å². The highest BCUT2D eigenvalue weighted by Crippen LogP contribution is 2.46. The van der Waals surface area contributed by atoms with Gasteiger partial charge in [-0.05, 0) is 48.3 Å². The molecule has 0 saturated heterocycles. The minimum Gasteiger partial charge on any atom is -0.497 e. The maximum Gasteiger partial charge on any atom is 0.336 e. The molecule has 1 heterocycles. The third-order valence-corrected chi connectivity index (χ3v) is 7.58. The van der Waals surface area contributed by atoms with Gasteiger partial charge in [-0.1, -0.05) is 31.2 Å². The van der Waals surface area contributed by atoms with Crippen molar-refractivity contribution in [3.05, 3.63) is 92.3 Å². The van der Waals surface area contributed by atoms with Crippen molar-refractivity contribution in [3.63, 3.8) is 0 Å². The van der Waals surface area contributed by atoms with Gasteiger partial charge < -0.3 is 14.8 Å². The van der Waals surface area contributed by atoms with Crippen LogP contribution in [0.15, 0.2) is 71.1 Å². The Hall–Kier alpha value is -3.59. The van der Waals surface area contributed by atoms with E-state index in [1.807, 2.05) is 31.2 Å². The zero-order chi connectivity index (χ0) is 26.5. The number of nitro benzene ring substituents is 1. The first-order valence-electron chi connectivity index (χ1n) is 12.2. The fraction of sp³-hybridized carbons (Fsp3) is 0.357. The molecule has 1 aliphatic heterocycles. The first-order valence-corrected chi connectivity index (χ1v) is 13.4. The largest absolute Gasteiger partial charge is 0.497 e. The average molecular weight is 523 g/mol. The summed E-state index contributed by atoms with van der Waals surface area (Å²) in [5.41, 5.74) is 3.57. The number of dihydropyridines is 1. The number of Topliss-reactive ketones (excluding diaryl/α,β-unsaturated/α-hetero) is 1. The first-order chi connectivity index (χ1) is 17.8. The molecule has 9 heteroatoms. The fourth-order valence-corrected chi connectivity index (χ4v) is 5.48. The van der Waals surface area contributed by atoms with Crippen LogP contribution in [0.1, 0.15) is 49.7 Å². The molecule has 0 fully saturated rings. The van der Waals surface area contributed by atoms with E-state index in [2.05, 4.69) is 5.32 Å². The Labute approximate surface area is 220 Å². The number of nitrogens with zero attached hydrogens (tertiary/aromatic N) is 1. The number of ether oxygens (including phenoxy) is 2. The number of nitro groups is 1. The van der Waals surface area contributed by atoms with Crippen LogP contribution < -0.4 is 10.1 Å². The minimum atomic E-state index is -0.744. The Morgan fingerprint density at radius 2 is 1.92 bits per heavy atom. The zero-order valence-electron chi connectivity index (χ0n) is 21.1. The molecule has 2 aromatic carbocycles. The van der Waals surface area contributed by atoms with Crippen LogP contribution in [0.5, 0.6) is 5.75 Å². The van der Waals surface area contributed by atoms with Gasteiger partial charge in [-0.3, -0.25) is 14.9 Å². The number of carbonyl (C=O) groups excluding carboxylic acids is 2. The molecule has 0 saturated carbocycles. The first kappa shape index (κ1) is 26.5. The number of non-ortho nitro benzene ring substituents is 1. The van der Waals surface area contributed by atoms with Gasteiger partial charge in [0.15, 0.2) is 5.78 Å². The van der Waals surface area contributed by atoms with Crippen molar-refractivity contribution in [2.75, 3.05) is 25.2 Å². The van der Waals surface area contributed by atoms with E-state index in [4.69, 9.17) is 9.47 Å². The van der Waals surface area contributed by atoms with E-state index in [9.17, 15) is 19.7 Å². The summed E-state index contributed by atoms with van der Waals surface area (Å²) < 4.78 is 10.8. The lowest BCUT2D eigenvalue weighted by Crippen LogP contribution is -2.36. The van der Waals surface area contributed by atoms with E-state index >= 15 is 0 Å². The number of nitrogens with one attached hydrogen (secondary N) is 1. The second kappa shape index (κ2) is 11.6. The van der Waals surface area contributed by atoms with Crippen LogP contribution >= 0.6 is 11.8 Å². The summed E-state index contributed by atoms with van der Waals surface area (Å²) in [5.74, 6) is 0.929. The van der Waals surface area contributed by atoms with E-state index in [-0.39, 0.29) is 30.4 Å². The summed E-state index contributed by atoms with van der Waals surface area (Å²) in [6, 6.07) is 13.8. The van der Waals surface area contributed by atoms with Crippen molar-refractivity contribution in [2.24, 2.45) is 0 Å². The quantitative estimate of drug-likeness (QED) is 0.206. The summed E-state index contributed by atoms with van der Waals surface area (Å²) in [7, 11) is 1.61. The smallest absolute Gasteiger partial charge is 0.336 e. The lowest BCUT2D eigenvalue weighted by molar-refractivity contribution is -0.384. The number of methoxy groups -OCH3 is 1. The molecule has 0 spiro atoms. The number of benzene rings is 2. The second-order valence-corrected chi connectivity index (χ2v) is 10.4. The maximum absolute atomic E-state index is 13.7. The number of allylic oxidation sites excluding steroid dienone is 3. The molecule has 0 aromatic heterocycles. The third kappa shape index (κ3) is 5.72. The Morgan fingerprint density at radius 1 is 1.16 bits per heavy atom. The van der Waals surface area contributed by atoms with Gasteiger partial charge in [0.05, 0.1) is 17.6 Å². The molecule has 2 aromatic rings. The van der Waals surface area contributed by atoms with Gasteiger partial charge in [-0.2, -0.15) is 11.8 Å². The van der Waals surface area contributed by atoms with Crippen molar-refractivity contribution >= 4 is 29.2 Å². The Morgan fingerprint density at radius 3 is 2.59 bits per heavy atom. The predicted molar refractivity (Wildman–Crippen MR) is 143 cm³/mol. The molecule has 2 aliphatic rings. The number of hydrogen-bond acceptors (Lipinski definition) is 8. The van der Waals surface area contributed by atoms with Crippen LogP contribution in [0.4, 0.5) is 5.69 Å². The number of ketones is 1. The number of hydrogen-bond donors (Lipinski definition) is 1. The van der Waals surface area contributed by atoms with Gasteiger partial charge in [-0.25, -0.2) is 4.79 Å². The molecule has 37 heavy (non-hydrogen) atoms. The SMILES string of the molecule is CCSCCOC(=O)C1=C(C)NC2=C(C(=O)C[C@H](c3ccc(OC)cc3)C2)[C@@H]1c1cccc([N+](=O)[O-])c1. The zero-order valence-corrected chi connectivity index (χ0v) is 21.9. The van der Waals surface area contributed by atoms with E-state index in [1.54, 1.807) is 37.9 Å². The topological polar surface area (TPSA) is 108 Å². The Kier molecular flexibility index (Phi) is 8.33. The van der Waals surface area contributed by atoms with Crippen molar-refractivity contribution in [1.82, 2.24) is 5.32 Å². The van der Waals surface area contributed by atoms with Gasteiger partial charge in [0, 0.05) is 47.2 Å². The Bertz CT molecular complexity index is 1270. The van der Waals surface area contributed by atoms with E-state index in [0.29, 0.717) is 34.6 Å². The molecular formula is C28H30N2O6S. The van der Waals surface area contributed by atoms with Gasteiger partial charge in [-0.15, -0.1) is 0 Å². The number of carbonyl (C=O) groups is 2.